The summed E-state index contributed by atoms with van der Waals surface area (Å²) in [4.78, 5) is 0. The lowest BCUT2D eigenvalue weighted by molar-refractivity contribution is 0.268. The highest BCUT2D eigenvalue weighted by Crippen LogP contribution is 2.59. The molecule has 1 atom stereocenters. The van der Waals surface area contributed by atoms with Crippen LogP contribution < -0.4 is 10.1 Å². The predicted molar refractivity (Wildman–Crippen MR) is 89.1 cm³/mol. The van der Waals surface area contributed by atoms with Crippen molar-refractivity contribution < 1.29 is 23.5 Å². The Morgan fingerprint density at radius 1 is 0.957 bits per heavy atom. The first-order valence-corrected chi connectivity index (χ1v) is 8.54. The monoisotopic (exact) mass is 337 g/mol. The smallest absolute Gasteiger partial charge is 0.356 e. The Balaban J connectivity index is 2.38. The van der Waals surface area contributed by atoms with E-state index >= 15 is 0 Å². The molecule has 2 aromatic carbocycles. The number of ether oxygens (including phenoxy) is 1. The maximum absolute atomic E-state index is 12.9. The van der Waals surface area contributed by atoms with Gasteiger partial charge in [0.15, 0.2) is 5.78 Å². The molecule has 7 heteroatoms. The summed E-state index contributed by atoms with van der Waals surface area (Å²) in [5, 5.41) is 12.5. The van der Waals surface area contributed by atoms with Crippen molar-refractivity contribution in [2.45, 2.75) is 5.78 Å². The second kappa shape index (κ2) is 7.51. The molecule has 2 aromatic rings. The quantitative estimate of drug-likeness (QED) is 0.587. The molecular weight excluding hydrogens is 317 g/mol. The number of phenols is 1. The van der Waals surface area contributed by atoms with Crippen molar-refractivity contribution in [3.63, 3.8) is 0 Å². The van der Waals surface area contributed by atoms with Crippen LogP contribution in [0.2, 0.25) is 0 Å². The van der Waals surface area contributed by atoms with Gasteiger partial charge in [-0.3, -0.25) is 4.57 Å². The molecule has 0 saturated heterocycles. The second-order valence-electron chi connectivity index (χ2n) is 4.77. The van der Waals surface area contributed by atoms with Gasteiger partial charge >= 0.3 is 7.60 Å². The molecular formula is C16H20NO5P. The minimum absolute atomic E-state index is 0.151. The van der Waals surface area contributed by atoms with Crippen LogP contribution in [0.4, 0.5) is 5.69 Å². The van der Waals surface area contributed by atoms with Crippen molar-refractivity contribution in [1.29, 1.82) is 0 Å². The van der Waals surface area contributed by atoms with Crippen LogP contribution in [0, 0.1) is 0 Å². The van der Waals surface area contributed by atoms with Gasteiger partial charge in [-0.05, 0) is 42.0 Å². The second-order valence-corrected chi connectivity index (χ2v) is 7.10. The van der Waals surface area contributed by atoms with Crippen LogP contribution in [-0.4, -0.2) is 26.4 Å². The van der Waals surface area contributed by atoms with Crippen molar-refractivity contribution in [3.05, 3.63) is 54.1 Å². The standard InChI is InChI=1S/C16H20NO5P/c1-20-15-10-4-12(5-11-15)16(23(19,21-2)22-3)17-13-6-8-14(18)9-7-13/h4-11,16-18H,1-3H3. The molecule has 0 radical (unpaired) electrons. The summed E-state index contributed by atoms with van der Waals surface area (Å²) in [6, 6.07) is 13.6. The van der Waals surface area contributed by atoms with E-state index in [1.165, 1.54) is 26.4 Å². The van der Waals surface area contributed by atoms with Gasteiger partial charge in [-0.2, -0.15) is 0 Å². The fraction of sp³-hybridized carbons (Fsp3) is 0.250. The number of nitrogens with one attached hydrogen (secondary N) is 1. The highest BCUT2D eigenvalue weighted by molar-refractivity contribution is 7.54. The lowest BCUT2D eigenvalue weighted by Gasteiger charge is -2.26. The number of phenolic OH excluding ortho intramolecular Hbond substituents is 1. The molecule has 0 amide bonds. The molecule has 6 nitrogen and oxygen atoms in total. The summed E-state index contributed by atoms with van der Waals surface area (Å²) >= 11 is 0. The van der Waals surface area contributed by atoms with Gasteiger partial charge in [0.05, 0.1) is 7.11 Å². The van der Waals surface area contributed by atoms with Gasteiger partial charge in [0.25, 0.3) is 0 Å². The molecule has 124 valence electrons. The van der Waals surface area contributed by atoms with Crippen LogP contribution in [-0.2, 0) is 13.6 Å². The van der Waals surface area contributed by atoms with Gasteiger partial charge in [-0.25, -0.2) is 0 Å². The molecule has 0 aliphatic heterocycles. The zero-order chi connectivity index (χ0) is 16.9. The molecule has 1 unspecified atom stereocenters. The molecule has 2 N–H and O–H groups in total. The van der Waals surface area contributed by atoms with Crippen molar-refractivity contribution in [2.24, 2.45) is 0 Å². The van der Waals surface area contributed by atoms with Crippen LogP contribution in [0.3, 0.4) is 0 Å². The number of hydrogen-bond donors (Lipinski definition) is 2. The van der Waals surface area contributed by atoms with Gasteiger partial charge in [-0.15, -0.1) is 0 Å². The van der Waals surface area contributed by atoms with Gasteiger partial charge in [0, 0.05) is 19.9 Å². The molecule has 0 aromatic heterocycles. The number of rotatable bonds is 7. The van der Waals surface area contributed by atoms with Crippen LogP contribution in [0.25, 0.3) is 0 Å². The number of anilines is 1. The van der Waals surface area contributed by atoms with E-state index in [2.05, 4.69) is 5.32 Å². The summed E-state index contributed by atoms with van der Waals surface area (Å²) in [7, 11) is 0.844. The number of benzene rings is 2. The average molecular weight is 337 g/mol. The van der Waals surface area contributed by atoms with E-state index in [0.29, 0.717) is 11.4 Å². The van der Waals surface area contributed by atoms with Crippen LogP contribution in [0.15, 0.2) is 48.5 Å². The lowest BCUT2D eigenvalue weighted by atomic mass is 10.2. The first-order valence-electron chi connectivity index (χ1n) is 6.93. The highest BCUT2D eigenvalue weighted by Gasteiger charge is 2.35. The Bertz CT molecular complexity index is 664. The van der Waals surface area contributed by atoms with Gasteiger partial charge in [-0.1, -0.05) is 12.1 Å². The van der Waals surface area contributed by atoms with E-state index in [-0.39, 0.29) is 5.75 Å². The Labute approximate surface area is 135 Å². The SMILES string of the molecule is COc1ccc(C(Nc2ccc(O)cc2)P(=O)(OC)OC)cc1. The topological polar surface area (TPSA) is 77.0 Å². The van der Waals surface area contributed by atoms with Crippen molar-refractivity contribution in [3.8, 4) is 11.5 Å². The Morgan fingerprint density at radius 2 is 1.52 bits per heavy atom. The Morgan fingerprint density at radius 3 is 2.00 bits per heavy atom. The van der Waals surface area contributed by atoms with Crippen molar-refractivity contribution in [1.82, 2.24) is 0 Å². The molecule has 2 rings (SSSR count). The molecule has 0 fully saturated rings. The number of methoxy groups -OCH3 is 1. The van der Waals surface area contributed by atoms with Crippen molar-refractivity contribution in [2.75, 3.05) is 26.6 Å². The van der Waals surface area contributed by atoms with Crippen molar-refractivity contribution >= 4 is 13.3 Å². The third-order valence-electron chi connectivity index (χ3n) is 3.43. The average Bonchev–Trinajstić information content (AvgIpc) is 2.60. The van der Waals surface area contributed by atoms with E-state index in [0.717, 1.165) is 5.56 Å². The molecule has 0 saturated carbocycles. The first kappa shape index (κ1) is 17.3. The molecule has 0 bridgehead atoms. The van der Waals surface area contributed by atoms with Crippen LogP contribution >= 0.6 is 7.60 Å². The van der Waals surface area contributed by atoms with E-state index in [1.807, 2.05) is 0 Å². The maximum Gasteiger partial charge on any atom is 0.356 e. The molecule has 0 aliphatic carbocycles. The molecule has 0 spiro atoms. The van der Waals surface area contributed by atoms with Crippen LogP contribution in [0.1, 0.15) is 11.3 Å². The minimum atomic E-state index is -3.43. The molecule has 0 heterocycles. The summed E-state index contributed by atoms with van der Waals surface area (Å²) in [6.45, 7) is 0. The van der Waals surface area contributed by atoms with Gasteiger partial charge < -0.3 is 24.2 Å². The third-order valence-corrected chi connectivity index (χ3v) is 5.51. The summed E-state index contributed by atoms with van der Waals surface area (Å²) < 4.78 is 28.3. The minimum Gasteiger partial charge on any atom is -0.508 e. The van der Waals surface area contributed by atoms with Gasteiger partial charge in [0.2, 0.25) is 0 Å². The summed E-state index contributed by atoms with van der Waals surface area (Å²) in [5.74, 6) is 0.146. The normalized spacial score (nSPS) is 12.7. The fourth-order valence-corrected chi connectivity index (χ4v) is 3.55. The largest absolute Gasteiger partial charge is 0.508 e. The molecule has 0 aliphatic rings. The first-order chi connectivity index (χ1) is 11.0. The van der Waals surface area contributed by atoms with Gasteiger partial charge in [0.1, 0.15) is 11.5 Å². The zero-order valence-corrected chi connectivity index (χ0v) is 14.1. The zero-order valence-electron chi connectivity index (χ0n) is 13.2. The summed E-state index contributed by atoms with van der Waals surface area (Å²) in [6.07, 6.45) is 0. The Hall–Kier alpha value is -2.01. The van der Waals surface area contributed by atoms with E-state index in [1.54, 1.807) is 43.5 Å². The predicted octanol–water partition coefficient (Wildman–Crippen LogP) is 4.00. The highest BCUT2D eigenvalue weighted by atomic mass is 31.2. The lowest BCUT2D eigenvalue weighted by Crippen LogP contribution is -2.13. The number of hydrogen-bond acceptors (Lipinski definition) is 6. The van der Waals surface area contributed by atoms with E-state index in [9.17, 15) is 9.67 Å². The number of aromatic hydroxyl groups is 1. The van der Waals surface area contributed by atoms with Crippen LogP contribution in [0.5, 0.6) is 11.5 Å². The summed E-state index contributed by atoms with van der Waals surface area (Å²) in [5.41, 5.74) is 1.41. The van der Waals surface area contributed by atoms with E-state index < -0.39 is 13.4 Å². The maximum atomic E-state index is 12.9. The fourth-order valence-electron chi connectivity index (χ4n) is 2.13. The molecule has 23 heavy (non-hydrogen) atoms. The third kappa shape index (κ3) is 4.05. The Kier molecular flexibility index (Phi) is 5.66. The van der Waals surface area contributed by atoms with E-state index in [4.69, 9.17) is 13.8 Å².